The molecule has 1 atom stereocenters. The van der Waals surface area contributed by atoms with Crippen molar-refractivity contribution in [3.63, 3.8) is 0 Å². The van der Waals surface area contributed by atoms with Gasteiger partial charge in [0, 0.05) is 0 Å². The summed E-state index contributed by atoms with van der Waals surface area (Å²) in [5.41, 5.74) is 0. The number of fused-ring (bicyclic) bond motifs is 4. The van der Waals surface area contributed by atoms with Gasteiger partial charge in [-0.15, -0.1) is 0 Å². The second-order valence-electron chi connectivity index (χ2n) is 6.17. The summed E-state index contributed by atoms with van der Waals surface area (Å²) in [4.78, 5) is 0. The quantitative estimate of drug-likeness (QED) is 0.578. The van der Waals surface area contributed by atoms with Crippen LogP contribution in [0.5, 0.6) is 0 Å². The van der Waals surface area contributed by atoms with E-state index < -0.39 is 0 Å². The summed E-state index contributed by atoms with van der Waals surface area (Å²) in [7, 11) is 0. The van der Waals surface area contributed by atoms with E-state index in [4.69, 9.17) is 0 Å². The van der Waals surface area contributed by atoms with Crippen molar-refractivity contribution in [2.75, 3.05) is 0 Å². The van der Waals surface area contributed by atoms with Crippen molar-refractivity contribution in [1.82, 2.24) is 0 Å². The molecule has 0 radical (unpaired) electrons. The Morgan fingerprint density at radius 3 is 2.00 bits per heavy atom. The molecular weight excluding hydrogens is 168 g/mol. The summed E-state index contributed by atoms with van der Waals surface area (Å²) in [5.74, 6) is 4.60. The lowest BCUT2D eigenvalue weighted by atomic mass is 9.64. The van der Waals surface area contributed by atoms with Crippen molar-refractivity contribution >= 4 is 0 Å². The van der Waals surface area contributed by atoms with Crippen LogP contribution >= 0.6 is 0 Å². The summed E-state index contributed by atoms with van der Waals surface area (Å²) in [5, 5.41) is 0. The molecule has 4 aliphatic rings. The predicted molar refractivity (Wildman–Crippen MR) is 60.1 cm³/mol. The second-order valence-corrected chi connectivity index (χ2v) is 6.17. The van der Waals surface area contributed by atoms with Gasteiger partial charge in [0.1, 0.15) is 0 Å². The summed E-state index contributed by atoms with van der Waals surface area (Å²) >= 11 is 0. The molecule has 0 amide bonds. The number of rotatable bonds is 1. The number of hydrogen-bond donors (Lipinski definition) is 0. The normalized spacial score (nSPS) is 44.1. The smallest absolute Gasteiger partial charge is 0.0383 e. The minimum Gasteiger partial charge on any atom is -0.0530 e. The van der Waals surface area contributed by atoms with Gasteiger partial charge >= 0.3 is 0 Å². The molecule has 0 N–H and O–H groups in total. The largest absolute Gasteiger partial charge is 0.0530 e. The molecule has 0 aromatic rings. The van der Waals surface area contributed by atoms with Gasteiger partial charge in [-0.2, -0.15) is 0 Å². The van der Waals surface area contributed by atoms with E-state index in [1.165, 1.54) is 12.8 Å². The summed E-state index contributed by atoms with van der Waals surface area (Å²) in [6.45, 7) is 0. The Kier molecular flexibility index (Phi) is 2.55. The first-order valence-corrected chi connectivity index (χ1v) is 6.92. The van der Waals surface area contributed by atoms with E-state index in [-0.39, 0.29) is 0 Å². The van der Waals surface area contributed by atoms with Gasteiger partial charge in [-0.25, -0.2) is 0 Å². The first-order valence-electron chi connectivity index (χ1n) is 6.92. The topological polar surface area (TPSA) is 0 Å². The van der Waals surface area contributed by atoms with E-state index in [0.29, 0.717) is 0 Å². The first kappa shape index (κ1) is 9.24. The third-order valence-corrected chi connectivity index (χ3v) is 5.22. The fourth-order valence-corrected chi connectivity index (χ4v) is 4.37. The molecule has 0 spiro atoms. The van der Waals surface area contributed by atoms with E-state index in [1.807, 2.05) is 0 Å². The molecule has 80 valence electrons. The maximum absolute atomic E-state index is 1.61. The van der Waals surface area contributed by atoms with Crippen molar-refractivity contribution in [3.8, 4) is 0 Å². The van der Waals surface area contributed by atoms with Gasteiger partial charge in [0.2, 0.25) is 0 Å². The molecule has 0 nitrogen and oxygen atoms in total. The van der Waals surface area contributed by atoms with Crippen LogP contribution < -0.4 is 0 Å². The predicted octanol–water partition coefficient (Wildman–Crippen LogP) is 4.39. The minimum absolute atomic E-state index is 1.14. The monoisotopic (exact) mass is 192 g/mol. The molecule has 0 saturated heterocycles. The van der Waals surface area contributed by atoms with Crippen LogP contribution in [-0.2, 0) is 0 Å². The average molecular weight is 192 g/mol. The second kappa shape index (κ2) is 3.87. The molecule has 4 saturated carbocycles. The van der Waals surface area contributed by atoms with Crippen LogP contribution in [0.1, 0.15) is 64.2 Å². The Bertz CT molecular complexity index is 181. The Morgan fingerprint density at radius 1 is 0.500 bits per heavy atom. The van der Waals surface area contributed by atoms with Gasteiger partial charge in [-0.1, -0.05) is 44.9 Å². The molecule has 0 aliphatic heterocycles. The Labute approximate surface area is 88.5 Å². The molecule has 2 bridgehead atoms. The Morgan fingerprint density at radius 2 is 1.21 bits per heavy atom. The van der Waals surface area contributed by atoms with Crippen molar-refractivity contribution in [2.24, 2.45) is 23.7 Å². The highest BCUT2D eigenvalue weighted by Crippen LogP contribution is 2.47. The average Bonchev–Trinajstić information content (AvgIpc) is 2.51. The third-order valence-electron chi connectivity index (χ3n) is 5.22. The van der Waals surface area contributed by atoms with E-state index >= 15 is 0 Å². The zero-order chi connectivity index (χ0) is 9.38. The van der Waals surface area contributed by atoms with Crippen molar-refractivity contribution in [2.45, 2.75) is 64.2 Å². The van der Waals surface area contributed by atoms with Crippen LogP contribution in [-0.4, -0.2) is 0 Å². The molecule has 0 heterocycles. The molecule has 4 rings (SSSR count). The zero-order valence-corrected chi connectivity index (χ0v) is 9.38. The van der Waals surface area contributed by atoms with Crippen LogP contribution in [0.25, 0.3) is 0 Å². The van der Waals surface area contributed by atoms with E-state index in [1.54, 1.807) is 51.4 Å². The molecule has 0 aromatic carbocycles. The van der Waals surface area contributed by atoms with Crippen LogP contribution in [0, 0.1) is 23.7 Å². The van der Waals surface area contributed by atoms with E-state index in [0.717, 1.165) is 23.7 Å². The summed E-state index contributed by atoms with van der Waals surface area (Å²) in [6, 6.07) is 0. The highest BCUT2D eigenvalue weighted by molar-refractivity contribution is 4.87. The Hall–Kier alpha value is 0. The third kappa shape index (κ3) is 1.73. The van der Waals surface area contributed by atoms with Gasteiger partial charge in [-0.05, 0) is 42.9 Å². The minimum atomic E-state index is 1.14. The van der Waals surface area contributed by atoms with E-state index in [2.05, 4.69) is 0 Å². The molecule has 1 unspecified atom stereocenters. The first-order chi connectivity index (χ1) is 6.92. The summed E-state index contributed by atoms with van der Waals surface area (Å²) in [6.07, 6.45) is 15.7. The van der Waals surface area contributed by atoms with Crippen LogP contribution in [0.15, 0.2) is 0 Å². The highest BCUT2D eigenvalue weighted by Gasteiger charge is 2.35. The lowest BCUT2D eigenvalue weighted by Gasteiger charge is -2.42. The Balaban J connectivity index is 1.60. The van der Waals surface area contributed by atoms with Gasteiger partial charge in [0.25, 0.3) is 0 Å². The van der Waals surface area contributed by atoms with Gasteiger partial charge in [-0.3, -0.25) is 0 Å². The lowest BCUT2D eigenvalue weighted by molar-refractivity contribution is 0.0972. The SMILES string of the molecule is C1CCC(C2CCCC3CC(C3)C2)C1. The highest BCUT2D eigenvalue weighted by atomic mass is 14.4. The summed E-state index contributed by atoms with van der Waals surface area (Å²) < 4.78 is 0. The maximum atomic E-state index is 1.61. The maximum Gasteiger partial charge on any atom is -0.0383 e. The lowest BCUT2D eigenvalue weighted by Crippen LogP contribution is -2.30. The standard InChI is InChI=1S/C14H24/c1-2-6-13(5-1)14-7-3-4-11-8-12(9-11)10-14/h11-14H,1-10H2. The van der Waals surface area contributed by atoms with Gasteiger partial charge < -0.3 is 0 Å². The van der Waals surface area contributed by atoms with Crippen LogP contribution in [0.4, 0.5) is 0 Å². The van der Waals surface area contributed by atoms with Crippen molar-refractivity contribution < 1.29 is 0 Å². The molecule has 0 heteroatoms. The molecule has 4 fully saturated rings. The van der Waals surface area contributed by atoms with Crippen molar-refractivity contribution in [3.05, 3.63) is 0 Å². The van der Waals surface area contributed by atoms with Gasteiger partial charge in [0.15, 0.2) is 0 Å². The molecule has 14 heavy (non-hydrogen) atoms. The van der Waals surface area contributed by atoms with Gasteiger partial charge in [0.05, 0.1) is 0 Å². The zero-order valence-electron chi connectivity index (χ0n) is 9.38. The van der Waals surface area contributed by atoms with Crippen LogP contribution in [0.3, 0.4) is 0 Å². The molecular formula is C14H24. The molecule has 0 aromatic heterocycles. The fraction of sp³-hybridized carbons (Fsp3) is 1.00. The fourth-order valence-electron chi connectivity index (χ4n) is 4.37. The number of hydrogen-bond acceptors (Lipinski definition) is 0. The van der Waals surface area contributed by atoms with Crippen molar-refractivity contribution in [1.29, 1.82) is 0 Å². The van der Waals surface area contributed by atoms with Crippen LogP contribution in [0.2, 0.25) is 0 Å². The van der Waals surface area contributed by atoms with E-state index in [9.17, 15) is 0 Å². The molecule has 4 aliphatic carbocycles.